The van der Waals surface area contributed by atoms with Crippen LogP contribution in [0.1, 0.15) is 1.43 Å². The highest BCUT2D eigenvalue weighted by Gasteiger charge is 2.95. The van der Waals surface area contributed by atoms with Crippen LogP contribution in [0.4, 0.5) is 87.8 Å². The highest BCUT2D eigenvalue weighted by molar-refractivity contribution is 5.20. The van der Waals surface area contributed by atoms with Gasteiger partial charge in [-0.1, -0.05) is 0 Å². The molecule has 0 aromatic heterocycles. The fourth-order valence-corrected chi connectivity index (χ4v) is 1.42. The van der Waals surface area contributed by atoms with Crippen LogP contribution in [0.3, 0.4) is 0 Å². The van der Waals surface area contributed by atoms with Crippen LogP contribution in [0, 0.1) is 0 Å². The van der Waals surface area contributed by atoms with Gasteiger partial charge in [-0.25, -0.2) is 0 Å². The lowest BCUT2D eigenvalue weighted by molar-refractivity contribution is -0.460. The highest BCUT2D eigenvalue weighted by Crippen LogP contribution is 2.64. The number of rotatable bonds is 7. The van der Waals surface area contributed by atoms with Gasteiger partial charge in [-0.3, -0.25) is 0 Å². The Labute approximate surface area is 150 Å². The maximum absolute atomic E-state index is 13.1. The average Bonchev–Trinajstić information content (AvgIpc) is 2.51. The number of hydrogen-bond donors (Lipinski definition) is 0. The van der Waals surface area contributed by atoms with E-state index in [1.807, 2.05) is 0 Å². The summed E-state index contributed by atoms with van der Waals surface area (Å²) in [5, 5.41) is 0. The molecule has 0 aromatic carbocycles. The molecule has 0 amide bonds. The van der Waals surface area contributed by atoms with E-state index in [9.17, 15) is 87.8 Å². The zero-order valence-electron chi connectivity index (χ0n) is 13.6. The van der Waals surface area contributed by atoms with Crippen molar-refractivity contribution in [3.05, 3.63) is 11.9 Å². The van der Waals surface area contributed by atoms with Gasteiger partial charge in [-0.15, -0.1) is 0 Å². The van der Waals surface area contributed by atoms with Gasteiger partial charge in [0.1, 0.15) is 0 Å². The molecular weight excluding hydrogens is 500 g/mol. The number of hydrogen-bond acceptors (Lipinski definition) is 0. The summed E-state index contributed by atoms with van der Waals surface area (Å²) in [6.07, 6.45) is -12.5. The van der Waals surface area contributed by atoms with Crippen molar-refractivity contribution in [3.63, 3.8) is 0 Å². The van der Waals surface area contributed by atoms with Gasteiger partial charge in [0.2, 0.25) is 5.83 Å². The standard InChI is InChI=1S/C10F20/c11-1(2(12)13)3(14,15)4(16,17)5(18,19)6(20,21)7(22,23)8(24,25)9(26,27)10(28,29)30/p+1. The molecule has 0 bridgehead atoms. The Kier molecular flexibility index (Phi) is 6.54. The average molecular weight is 501 g/mol. The second-order valence-corrected chi connectivity index (χ2v) is 5.09. The number of allylic oxidation sites excluding steroid dienone is 1. The van der Waals surface area contributed by atoms with Gasteiger partial charge in [0.25, 0.3) is 0 Å². The smallest absolute Gasteiger partial charge is 0.199 e. The predicted octanol–water partition coefficient (Wildman–Crippen LogP) is 7.19. The van der Waals surface area contributed by atoms with Crippen molar-refractivity contribution in [2.24, 2.45) is 0 Å². The first kappa shape index (κ1) is 28.3. The minimum absolute atomic E-state index is 0. The molecule has 0 aromatic rings. The molecule has 20 heteroatoms. The molecule has 0 unspecified atom stereocenters. The Balaban J connectivity index is 0. The zero-order chi connectivity index (χ0) is 25.2. The second-order valence-electron chi connectivity index (χ2n) is 5.09. The Morgan fingerprint density at radius 3 is 0.833 bits per heavy atom. The predicted molar refractivity (Wildman–Crippen MR) is 52.1 cm³/mol. The van der Waals surface area contributed by atoms with E-state index in [0.717, 1.165) is 0 Å². The minimum Gasteiger partial charge on any atom is -0.199 e. The summed E-state index contributed by atoms with van der Waals surface area (Å²) in [7, 11) is 0. The monoisotopic (exact) mass is 501 g/mol. The van der Waals surface area contributed by atoms with E-state index in [1.54, 1.807) is 0 Å². The van der Waals surface area contributed by atoms with E-state index in [1.165, 1.54) is 0 Å². The molecule has 0 aliphatic heterocycles. The molecule has 0 aliphatic rings. The third-order valence-corrected chi connectivity index (χ3v) is 3.16. The van der Waals surface area contributed by atoms with Crippen molar-refractivity contribution >= 4 is 0 Å². The van der Waals surface area contributed by atoms with Crippen LogP contribution in [0.2, 0.25) is 0 Å². The van der Waals surface area contributed by atoms with Gasteiger partial charge >= 0.3 is 55.1 Å². The zero-order valence-corrected chi connectivity index (χ0v) is 12.6. The van der Waals surface area contributed by atoms with Crippen LogP contribution in [-0.4, -0.2) is 47.6 Å². The van der Waals surface area contributed by atoms with E-state index in [2.05, 4.69) is 0 Å². The summed E-state index contributed by atoms with van der Waals surface area (Å²) in [4.78, 5) is 0. The van der Waals surface area contributed by atoms with E-state index in [-0.39, 0.29) is 1.43 Å². The van der Waals surface area contributed by atoms with Crippen molar-refractivity contribution < 1.29 is 89.2 Å². The van der Waals surface area contributed by atoms with Crippen molar-refractivity contribution in [1.82, 2.24) is 0 Å². The molecule has 0 spiro atoms. The lowest BCUT2D eigenvalue weighted by Gasteiger charge is -2.42. The second kappa shape index (κ2) is 6.92. The molecule has 0 saturated carbocycles. The SMILES string of the molecule is FC(F)=C(F)C(F)(F)C(F)(F)C(F)(F)C(F)(F)C(F)(F)C(F)(F)C(F)(F)C(F)(F)F.[H+]. The molecule has 0 rings (SSSR count). The van der Waals surface area contributed by atoms with Gasteiger partial charge in [-0.2, -0.15) is 87.8 Å². The normalized spacial score (nSPS) is 16.0. The van der Waals surface area contributed by atoms with Crippen LogP contribution in [-0.2, 0) is 0 Å². The number of alkyl halides is 17. The van der Waals surface area contributed by atoms with Crippen LogP contribution in [0.15, 0.2) is 11.9 Å². The van der Waals surface area contributed by atoms with Crippen molar-refractivity contribution in [2.45, 2.75) is 47.6 Å². The highest BCUT2D eigenvalue weighted by atomic mass is 19.4. The van der Waals surface area contributed by atoms with E-state index in [4.69, 9.17) is 0 Å². The fraction of sp³-hybridized carbons (Fsp3) is 0.800. The molecule has 0 fully saturated rings. The van der Waals surface area contributed by atoms with Crippen molar-refractivity contribution in [3.8, 4) is 0 Å². The largest absolute Gasteiger partial charge is 1.00 e. The van der Waals surface area contributed by atoms with Crippen LogP contribution < -0.4 is 0 Å². The van der Waals surface area contributed by atoms with Gasteiger partial charge < -0.3 is 0 Å². The van der Waals surface area contributed by atoms with Gasteiger partial charge in [0.05, 0.1) is 0 Å². The Morgan fingerprint density at radius 2 is 0.600 bits per heavy atom. The van der Waals surface area contributed by atoms with Crippen LogP contribution in [0.25, 0.3) is 0 Å². The molecule has 0 radical (unpaired) electrons. The van der Waals surface area contributed by atoms with E-state index in [0.29, 0.717) is 0 Å². The van der Waals surface area contributed by atoms with Gasteiger partial charge in [0, 0.05) is 0 Å². The maximum atomic E-state index is 13.1. The third kappa shape index (κ3) is 3.32. The lowest BCUT2D eigenvalue weighted by atomic mass is 9.89. The first-order valence-corrected chi connectivity index (χ1v) is 6.03. The Morgan fingerprint density at radius 1 is 0.367 bits per heavy atom. The molecule has 0 nitrogen and oxygen atoms in total. The van der Waals surface area contributed by atoms with Crippen LogP contribution >= 0.6 is 0 Å². The first-order chi connectivity index (χ1) is 12.6. The molecule has 30 heavy (non-hydrogen) atoms. The molecule has 180 valence electrons. The minimum atomic E-state index is -8.95. The van der Waals surface area contributed by atoms with E-state index >= 15 is 0 Å². The van der Waals surface area contributed by atoms with Crippen molar-refractivity contribution in [2.75, 3.05) is 0 Å². The molecule has 0 N–H and O–H groups in total. The molecule has 0 aliphatic carbocycles. The summed E-state index contributed by atoms with van der Waals surface area (Å²) in [5.74, 6) is -65.1. The molecule has 0 saturated heterocycles. The molecule has 0 heterocycles. The third-order valence-electron chi connectivity index (χ3n) is 3.16. The van der Waals surface area contributed by atoms with E-state index < -0.39 is 59.5 Å². The summed E-state index contributed by atoms with van der Waals surface area (Å²) in [5.41, 5.74) is 0. The van der Waals surface area contributed by atoms with Crippen LogP contribution in [0.5, 0.6) is 0 Å². The number of halogens is 20. The lowest BCUT2D eigenvalue weighted by Crippen LogP contribution is -2.74. The van der Waals surface area contributed by atoms with Crippen molar-refractivity contribution in [1.29, 1.82) is 0 Å². The summed E-state index contributed by atoms with van der Waals surface area (Å²) >= 11 is 0. The topological polar surface area (TPSA) is 0 Å². The molecular formula is C10HF20+. The quantitative estimate of drug-likeness (QED) is 0.324. The van der Waals surface area contributed by atoms with Gasteiger partial charge in [0.15, 0.2) is 0 Å². The van der Waals surface area contributed by atoms with Gasteiger partial charge in [-0.05, 0) is 0 Å². The fourth-order valence-electron chi connectivity index (χ4n) is 1.42. The Hall–Kier alpha value is -1.66. The Bertz CT molecular complexity index is 679. The molecule has 0 atom stereocenters. The summed E-state index contributed by atoms with van der Waals surface area (Å²) < 4.78 is 251. The first-order valence-electron chi connectivity index (χ1n) is 6.03. The summed E-state index contributed by atoms with van der Waals surface area (Å²) in [6, 6.07) is 0. The summed E-state index contributed by atoms with van der Waals surface area (Å²) in [6.45, 7) is 0. The maximum Gasteiger partial charge on any atom is 1.00 e.